The van der Waals surface area contributed by atoms with Crippen molar-refractivity contribution < 1.29 is 9.59 Å². The maximum Gasteiger partial charge on any atom is 0.274 e. The minimum Gasteiger partial charge on any atom is -0.335 e. The summed E-state index contributed by atoms with van der Waals surface area (Å²) in [6.45, 7) is 1.74. The molecule has 124 valence electrons. The Bertz CT molecular complexity index is 762. The zero-order valence-electron chi connectivity index (χ0n) is 12.7. The third kappa shape index (κ3) is 3.49. The van der Waals surface area contributed by atoms with Crippen LogP contribution in [0.5, 0.6) is 0 Å². The summed E-state index contributed by atoms with van der Waals surface area (Å²) in [6, 6.07) is 4.79. The fourth-order valence-corrected chi connectivity index (χ4v) is 3.01. The molecule has 24 heavy (non-hydrogen) atoms. The monoisotopic (exact) mass is 364 g/mol. The molecule has 3 rings (SSSR count). The lowest BCUT2D eigenvalue weighted by atomic mass is 10.1. The Hall–Kier alpha value is -2.18. The number of aromatic nitrogens is 2. The van der Waals surface area contributed by atoms with E-state index in [1.165, 1.54) is 18.6 Å². The van der Waals surface area contributed by atoms with Crippen molar-refractivity contribution >= 4 is 35.0 Å². The smallest absolute Gasteiger partial charge is 0.274 e. The van der Waals surface area contributed by atoms with Crippen LogP contribution < -0.4 is 0 Å². The molecule has 0 unspecified atom stereocenters. The van der Waals surface area contributed by atoms with Gasteiger partial charge in [0.15, 0.2) is 0 Å². The number of carbonyl (C=O) groups excluding carboxylic acids is 2. The third-order valence-corrected chi connectivity index (χ3v) is 4.35. The molecule has 1 fully saturated rings. The van der Waals surface area contributed by atoms with Crippen molar-refractivity contribution in [2.75, 3.05) is 26.2 Å². The highest BCUT2D eigenvalue weighted by atomic mass is 35.5. The van der Waals surface area contributed by atoms with Crippen molar-refractivity contribution in [2.24, 2.45) is 0 Å². The summed E-state index contributed by atoms with van der Waals surface area (Å²) in [5.74, 6) is -0.344. The van der Waals surface area contributed by atoms with E-state index in [1.807, 2.05) is 0 Å². The van der Waals surface area contributed by atoms with Gasteiger partial charge in [-0.1, -0.05) is 23.2 Å². The second-order valence-electron chi connectivity index (χ2n) is 5.30. The lowest BCUT2D eigenvalue weighted by Gasteiger charge is -2.34. The van der Waals surface area contributed by atoms with E-state index in [-0.39, 0.29) is 11.8 Å². The second-order valence-corrected chi connectivity index (χ2v) is 6.14. The molecule has 0 spiro atoms. The van der Waals surface area contributed by atoms with Gasteiger partial charge in [0, 0.05) is 43.6 Å². The summed E-state index contributed by atoms with van der Waals surface area (Å²) >= 11 is 11.9. The van der Waals surface area contributed by atoms with Gasteiger partial charge < -0.3 is 9.80 Å². The molecule has 2 heterocycles. The number of hydrogen-bond donors (Lipinski definition) is 0. The van der Waals surface area contributed by atoms with E-state index in [4.69, 9.17) is 23.2 Å². The van der Waals surface area contributed by atoms with Crippen LogP contribution in [0.15, 0.2) is 36.8 Å². The van der Waals surface area contributed by atoms with E-state index >= 15 is 0 Å². The van der Waals surface area contributed by atoms with E-state index in [2.05, 4.69) is 9.97 Å². The quantitative estimate of drug-likeness (QED) is 0.820. The highest BCUT2D eigenvalue weighted by molar-refractivity contribution is 6.36. The number of halogens is 2. The predicted octanol–water partition coefficient (Wildman–Crippen LogP) is 2.38. The molecule has 0 N–H and O–H groups in total. The van der Waals surface area contributed by atoms with E-state index in [0.717, 1.165) is 0 Å². The number of nitrogens with zero attached hydrogens (tertiary/aromatic N) is 4. The Morgan fingerprint density at radius 2 is 1.62 bits per heavy atom. The highest BCUT2D eigenvalue weighted by Crippen LogP contribution is 2.23. The van der Waals surface area contributed by atoms with E-state index < -0.39 is 0 Å². The average molecular weight is 365 g/mol. The van der Waals surface area contributed by atoms with Gasteiger partial charge in [0.05, 0.1) is 16.8 Å². The molecule has 8 heteroatoms. The molecule has 2 aromatic rings. The SMILES string of the molecule is O=C(c1cnccn1)N1CCN(C(=O)c2ccc(Cl)cc2Cl)CC1. The molecule has 1 aromatic heterocycles. The maximum absolute atomic E-state index is 12.6. The lowest BCUT2D eigenvalue weighted by molar-refractivity contribution is 0.0532. The van der Waals surface area contributed by atoms with Gasteiger partial charge >= 0.3 is 0 Å². The summed E-state index contributed by atoms with van der Waals surface area (Å²) in [6.07, 6.45) is 4.44. The van der Waals surface area contributed by atoms with Crippen molar-refractivity contribution in [2.45, 2.75) is 0 Å². The fraction of sp³-hybridized carbons (Fsp3) is 0.250. The number of piperazine rings is 1. The van der Waals surface area contributed by atoms with Crippen LogP contribution in [0.2, 0.25) is 10.0 Å². The van der Waals surface area contributed by atoms with Crippen LogP contribution in [0, 0.1) is 0 Å². The van der Waals surface area contributed by atoms with Gasteiger partial charge in [0.25, 0.3) is 11.8 Å². The first-order valence-electron chi connectivity index (χ1n) is 7.36. The average Bonchev–Trinajstić information content (AvgIpc) is 2.61. The van der Waals surface area contributed by atoms with Gasteiger partial charge in [0.2, 0.25) is 0 Å². The molecule has 0 aliphatic carbocycles. The molecule has 6 nitrogen and oxygen atoms in total. The van der Waals surface area contributed by atoms with Gasteiger partial charge in [-0.25, -0.2) is 4.98 Å². The summed E-state index contributed by atoms with van der Waals surface area (Å²) in [5, 5.41) is 0.807. The molecule has 1 aliphatic rings. The Kier molecular flexibility index (Phi) is 4.97. The van der Waals surface area contributed by atoms with Crippen molar-refractivity contribution in [3.8, 4) is 0 Å². The zero-order chi connectivity index (χ0) is 17.1. The number of benzene rings is 1. The molecule has 1 aliphatic heterocycles. The topological polar surface area (TPSA) is 66.4 Å². The van der Waals surface area contributed by atoms with Crippen molar-refractivity contribution in [3.63, 3.8) is 0 Å². The van der Waals surface area contributed by atoms with Crippen molar-refractivity contribution in [1.82, 2.24) is 19.8 Å². The molecule has 0 bridgehead atoms. The number of amides is 2. The number of carbonyl (C=O) groups is 2. The standard InChI is InChI=1S/C16H14Cl2N4O2/c17-11-1-2-12(13(18)9-11)15(23)21-5-7-22(8-6-21)16(24)14-10-19-3-4-20-14/h1-4,9-10H,5-8H2. The van der Waals surface area contributed by atoms with Crippen LogP contribution >= 0.6 is 23.2 Å². The predicted molar refractivity (Wildman–Crippen MR) is 90.3 cm³/mol. The first kappa shape index (κ1) is 16.7. The number of rotatable bonds is 2. The van der Waals surface area contributed by atoms with Gasteiger partial charge in [-0.2, -0.15) is 0 Å². The van der Waals surface area contributed by atoms with Gasteiger partial charge in [-0.15, -0.1) is 0 Å². The summed E-state index contributed by atoms with van der Waals surface area (Å²) < 4.78 is 0. The first-order valence-corrected chi connectivity index (χ1v) is 8.11. The highest BCUT2D eigenvalue weighted by Gasteiger charge is 2.27. The van der Waals surface area contributed by atoms with E-state index in [0.29, 0.717) is 47.5 Å². The molecular weight excluding hydrogens is 351 g/mol. The van der Waals surface area contributed by atoms with Crippen LogP contribution in [0.25, 0.3) is 0 Å². The third-order valence-electron chi connectivity index (χ3n) is 3.80. The van der Waals surface area contributed by atoms with Crippen LogP contribution in [0.4, 0.5) is 0 Å². The second kappa shape index (κ2) is 7.15. The van der Waals surface area contributed by atoms with Crippen LogP contribution in [0.1, 0.15) is 20.8 Å². The molecule has 0 saturated carbocycles. The number of hydrogen-bond acceptors (Lipinski definition) is 4. The summed E-state index contributed by atoms with van der Waals surface area (Å²) in [4.78, 5) is 36.1. The van der Waals surface area contributed by atoms with Gasteiger partial charge in [-0.3, -0.25) is 14.6 Å². The van der Waals surface area contributed by atoms with Gasteiger partial charge in [0.1, 0.15) is 5.69 Å². The zero-order valence-corrected chi connectivity index (χ0v) is 14.2. The van der Waals surface area contributed by atoms with Crippen LogP contribution in [-0.4, -0.2) is 57.8 Å². The molecule has 0 atom stereocenters. The Balaban J connectivity index is 1.64. The Morgan fingerprint density at radius 3 is 2.21 bits per heavy atom. The molecule has 0 radical (unpaired) electrons. The minimum absolute atomic E-state index is 0.164. The van der Waals surface area contributed by atoms with Crippen LogP contribution in [-0.2, 0) is 0 Å². The molecule has 1 saturated heterocycles. The largest absolute Gasteiger partial charge is 0.335 e. The summed E-state index contributed by atoms with van der Waals surface area (Å²) in [7, 11) is 0. The minimum atomic E-state index is -0.181. The molecule has 1 aromatic carbocycles. The molecule has 2 amide bonds. The Labute approximate surface area is 149 Å². The summed E-state index contributed by atoms with van der Waals surface area (Å²) in [5.41, 5.74) is 0.716. The van der Waals surface area contributed by atoms with Crippen molar-refractivity contribution in [1.29, 1.82) is 0 Å². The van der Waals surface area contributed by atoms with E-state index in [1.54, 1.807) is 28.0 Å². The van der Waals surface area contributed by atoms with Crippen LogP contribution in [0.3, 0.4) is 0 Å². The molecular formula is C16H14Cl2N4O2. The van der Waals surface area contributed by atoms with Gasteiger partial charge in [-0.05, 0) is 18.2 Å². The lowest BCUT2D eigenvalue weighted by Crippen LogP contribution is -2.50. The Morgan fingerprint density at radius 1 is 0.958 bits per heavy atom. The maximum atomic E-state index is 12.6. The van der Waals surface area contributed by atoms with Crippen molar-refractivity contribution in [3.05, 3.63) is 58.1 Å². The first-order chi connectivity index (χ1) is 11.6. The van der Waals surface area contributed by atoms with E-state index in [9.17, 15) is 9.59 Å². The fourth-order valence-electron chi connectivity index (χ4n) is 2.52. The normalized spacial score (nSPS) is 14.6.